The molecule has 2 aromatic heterocycles. The Labute approximate surface area is 105 Å². The van der Waals surface area contributed by atoms with Gasteiger partial charge in [-0.2, -0.15) is 0 Å². The van der Waals surface area contributed by atoms with Crippen molar-refractivity contribution in [1.82, 2.24) is 9.97 Å². The van der Waals surface area contributed by atoms with Crippen LogP contribution in [0.3, 0.4) is 0 Å². The first kappa shape index (κ1) is 12.0. The number of nitrogens with zero attached hydrogens (tertiary/aromatic N) is 2. The molecule has 0 aliphatic rings. The first-order valence-corrected chi connectivity index (χ1v) is 6.42. The lowest BCUT2D eigenvalue weighted by atomic mass is 9.93. The minimum absolute atomic E-state index is 0.0703. The normalized spacial score (nSPS) is 11.7. The summed E-state index contributed by atoms with van der Waals surface area (Å²) in [7, 11) is 0. The highest BCUT2D eigenvalue weighted by molar-refractivity contribution is 7.09. The van der Waals surface area contributed by atoms with E-state index >= 15 is 0 Å². The highest BCUT2D eigenvalue weighted by Gasteiger charge is 2.17. The second kappa shape index (κ2) is 4.45. The first-order chi connectivity index (χ1) is 7.97. The van der Waals surface area contributed by atoms with Crippen LogP contribution in [0.1, 0.15) is 37.2 Å². The average Bonchev–Trinajstić information content (AvgIpc) is 2.69. The number of pyridine rings is 1. The van der Waals surface area contributed by atoms with Gasteiger partial charge in [-0.25, -0.2) is 4.98 Å². The molecule has 0 radical (unpaired) electrons. The van der Waals surface area contributed by atoms with Gasteiger partial charge in [0, 0.05) is 23.4 Å². The minimum Gasteiger partial charge on any atom is -0.506 e. The maximum absolute atomic E-state index is 9.65. The van der Waals surface area contributed by atoms with Gasteiger partial charge in [0.1, 0.15) is 5.75 Å². The molecular weight excluding hydrogens is 232 g/mol. The smallest absolute Gasteiger partial charge is 0.137 e. The quantitative estimate of drug-likeness (QED) is 0.888. The van der Waals surface area contributed by atoms with E-state index in [0.29, 0.717) is 12.1 Å². The van der Waals surface area contributed by atoms with E-state index in [2.05, 4.69) is 36.1 Å². The van der Waals surface area contributed by atoms with Gasteiger partial charge in [-0.15, -0.1) is 11.3 Å². The van der Waals surface area contributed by atoms with E-state index in [1.165, 1.54) is 0 Å². The van der Waals surface area contributed by atoms with Gasteiger partial charge in [0.25, 0.3) is 0 Å². The molecule has 0 aromatic carbocycles. The molecule has 0 atom stereocenters. The summed E-state index contributed by atoms with van der Waals surface area (Å²) in [5, 5.41) is 12.7. The Balaban J connectivity index is 2.21. The summed E-state index contributed by atoms with van der Waals surface area (Å²) in [5.41, 5.74) is 1.84. The summed E-state index contributed by atoms with van der Waals surface area (Å²) in [6.45, 7) is 6.43. The second-order valence-corrected chi connectivity index (χ2v) is 5.97. The molecule has 0 aliphatic heterocycles. The van der Waals surface area contributed by atoms with Crippen molar-refractivity contribution in [2.45, 2.75) is 32.6 Å². The summed E-state index contributed by atoms with van der Waals surface area (Å²) in [5.74, 6) is 0.236. The van der Waals surface area contributed by atoms with Crippen LogP contribution in [0.2, 0.25) is 0 Å². The summed E-state index contributed by atoms with van der Waals surface area (Å²) in [6, 6.07) is 3.38. The van der Waals surface area contributed by atoms with Crippen molar-refractivity contribution in [2.24, 2.45) is 0 Å². The largest absolute Gasteiger partial charge is 0.506 e. The van der Waals surface area contributed by atoms with Gasteiger partial charge >= 0.3 is 0 Å². The van der Waals surface area contributed by atoms with Crippen molar-refractivity contribution < 1.29 is 5.11 Å². The Hall–Kier alpha value is -1.42. The zero-order chi connectivity index (χ0) is 12.5. The molecule has 1 N–H and O–H groups in total. The van der Waals surface area contributed by atoms with Crippen LogP contribution in [0.25, 0.3) is 0 Å². The number of aromatic nitrogens is 2. The molecule has 0 unspecified atom stereocenters. The molecule has 0 bridgehead atoms. The third kappa shape index (κ3) is 2.82. The molecule has 0 amide bonds. The van der Waals surface area contributed by atoms with Gasteiger partial charge in [-0.05, 0) is 12.1 Å². The number of thiazole rings is 1. The SMILES string of the molecule is CC(C)(C)c1csc(Cc2ncccc2O)n1. The molecule has 0 aliphatic carbocycles. The predicted octanol–water partition coefficient (Wildman–Crippen LogP) is 3.13. The number of hydrogen-bond acceptors (Lipinski definition) is 4. The highest BCUT2D eigenvalue weighted by Crippen LogP contribution is 2.26. The summed E-state index contributed by atoms with van der Waals surface area (Å²) >= 11 is 1.62. The number of rotatable bonds is 2. The molecule has 4 heteroatoms. The van der Waals surface area contributed by atoms with Crippen molar-refractivity contribution in [1.29, 1.82) is 0 Å². The molecule has 0 spiro atoms. The summed E-state index contributed by atoms with van der Waals surface area (Å²) in [6.07, 6.45) is 2.28. The molecule has 0 saturated carbocycles. The molecule has 3 nitrogen and oxygen atoms in total. The van der Waals surface area contributed by atoms with Crippen LogP contribution in [0.5, 0.6) is 5.75 Å². The van der Waals surface area contributed by atoms with Crippen LogP contribution in [0.4, 0.5) is 0 Å². The fourth-order valence-electron chi connectivity index (χ4n) is 1.45. The average molecular weight is 248 g/mol. The summed E-state index contributed by atoms with van der Waals surface area (Å²) in [4.78, 5) is 8.75. The second-order valence-electron chi connectivity index (χ2n) is 5.02. The molecular formula is C13H16N2OS. The Morgan fingerprint density at radius 3 is 2.71 bits per heavy atom. The van der Waals surface area contributed by atoms with E-state index in [9.17, 15) is 5.11 Å². The Morgan fingerprint density at radius 2 is 2.12 bits per heavy atom. The van der Waals surface area contributed by atoms with Crippen molar-refractivity contribution in [3.05, 3.63) is 40.1 Å². The monoisotopic (exact) mass is 248 g/mol. The Bertz CT molecular complexity index is 514. The van der Waals surface area contributed by atoms with E-state index in [4.69, 9.17) is 0 Å². The topological polar surface area (TPSA) is 46.0 Å². The lowest BCUT2D eigenvalue weighted by Gasteiger charge is -2.14. The van der Waals surface area contributed by atoms with Gasteiger partial charge in [0.05, 0.1) is 16.4 Å². The van der Waals surface area contributed by atoms with Crippen molar-refractivity contribution in [3.63, 3.8) is 0 Å². The standard InChI is InChI=1S/C13H16N2OS/c1-13(2,3)11-8-17-12(15-11)7-9-10(16)5-4-6-14-9/h4-6,8,16H,7H2,1-3H3. The number of hydrogen-bond donors (Lipinski definition) is 1. The molecule has 2 rings (SSSR count). The van der Waals surface area contributed by atoms with E-state index in [1.807, 2.05) is 0 Å². The lowest BCUT2D eigenvalue weighted by Crippen LogP contribution is -2.11. The van der Waals surface area contributed by atoms with Crippen LogP contribution in [0, 0.1) is 0 Å². The van der Waals surface area contributed by atoms with Gasteiger partial charge in [-0.1, -0.05) is 20.8 Å². The minimum atomic E-state index is 0.0703. The third-order valence-electron chi connectivity index (χ3n) is 2.51. The third-order valence-corrected chi connectivity index (χ3v) is 3.35. The molecule has 2 aromatic rings. The molecule has 90 valence electrons. The maximum atomic E-state index is 9.65. The molecule has 0 fully saturated rings. The van der Waals surface area contributed by atoms with Crippen LogP contribution >= 0.6 is 11.3 Å². The Morgan fingerprint density at radius 1 is 1.35 bits per heavy atom. The predicted molar refractivity (Wildman–Crippen MR) is 69.5 cm³/mol. The van der Waals surface area contributed by atoms with Crippen LogP contribution in [0.15, 0.2) is 23.7 Å². The van der Waals surface area contributed by atoms with Gasteiger partial charge in [-0.3, -0.25) is 4.98 Å². The first-order valence-electron chi connectivity index (χ1n) is 5.54. The maximum Gasteiger partial charge on any atom is 0.137 e. The fraction of sp³-hybridized carbons (Fsp3) is 0.385. The zero-order valence-corrected chi connectivity index (χ0v) is 11.1. The highest BCUT2D eigenvalue weighted by atomic mass is 32.1. The van der Waals surface area contributed by atoms with E-state index in [1.54, 1.807) is 29.7 Å². The van der Waals surface area contributed by atoms with Crippen molar-refractivity contribution >= 4 is 11.3 Å². The van der Waals surface area contributed by atoms with Crippen LogP contribution in [-0.2, 0) is 11.8 Å². The van der Waals surface area contributed by atoms with Gasteiger partial charge in [0.15, 0.2) is 0 Å². The van der Waals surface area contributed by atoms with Crippen LogP contribution < -0.4 is 0 Å². The fourth-order valence-corrected chi connectivity index (χ4v) is 2.47. The van der Waals surface area contributed by atoms with Crippen molar-refractivity contribution in [3.8, 4) is 5.75 Å². The van der Waals surface area contributed by atoms with Crippen molar-refractivity contribution in [2.75, 3.05) is 0 Å². The van der Waals surface area contributed by atoms with Gasteiger partial charge in [0.2, 0.25) is 0 Å². The molecule has 2 heterocycles. The number of aromatic hydroxyl groups is 1. The zero-order valence-electron chi connectivity index (χ0n) is 10.3. The Kier molecular flexibility index (Phi) is 3.15. The summed E-state index contributed by atoms with van der Waals surface area (Å²) < 4.78 is 0. The van der Waals surface area contributed by atoms with E-state index in [0.717, 1.165) is 10.7 Å². The van der Waals surface area contributed by atoms with Crippen LogP contribution in [-0.4, -0.2) is 15.1 Å². The van der Waals surface area contributed by atoms with Gasteiger partial charge < -0.3 is 5.11 Å². The molecule has 0 saturated heterocycles. The van der Waals surface area contributed by atoms with E-state index < -0.39 is 0 Å². The molecule has 17 heavy (non-hydrogen) atoms. The lowest BCUT2D eigenvalue weighted by molar-refractivity contribution is 0.465. The van der Waals surface area contributed by atoms with E-state index in [-0.39, 0.29) is 11.2 Å².